The van der Waals surface area contributed by atoms with Gasteiger partial charge in [0.1, 0.15) is 0 Å². The van der Waals surface area contributed by atoms with E-state index in [4.69, 9.17) is 14.2 Å². The molecule has 4 rings (SSSR count). The van der Waals surface area contributed by atoms with Crippen molar-refractivity contribution in [1.29, 1.82) is 0 Å². The lowest BCUT2D eigenvalue weighted by atomic mass is 10.1. The van der Waals surface area contributed by atoms with Crippen molar-refractivity contribution >= 4 is 72.8 Å². The fourth-order valence-corrected chi connectivity index (χ4v) is 5.48. The Morgan fingerprint density at radius 1 is 0.972 bits per heavy atom. The van der Waals surface area contributed by atoms with Crippen molar-refractivity contribution in [2.75, 3.05) is 37.7 Å². The number of hydrogen-bond acceptors (Lipinski definition) is 11. The van der Waals surface area contributed by atoms with Crippen LogP contribution in [0.2, 0.25) is 0 Å². The van der Waals surface area contributed by atoms with E-state index in [1.807, 2.05) is 24.3 Å². The van der Waals surface area contributed by atoms with E-state index >= 15 is 0 Å². The molecule has 2 N–H and O–H groups in total. The molecule has 0 aliphatic carbocycles. The molecule has 10 nitrogen and oxygen atoms in total. The fourth-order valence-electron chi connectivity index (χ4n) is 3.04. The number of fused-ring (bicyclic) bond motifs is 1. The molecule has 0 bridgehead atoms. The Hall–Kier alpha value is -3.68. The third kappa shape index (κ3) is 6.30. The maximum atomic E-state index is 12.3. The molecule has 0 aliphatic heterocycles. The lowest BCUT2D eigenvalue weighted by molar-refractivity contribution is -0.114. The van der Waals surface area contributed by atoms with Gasteiger partial charge in [-0.3, -0.25) is 14.9 Å². The van der Waals surface area contributed by atoms with Gasteiger partial charge in [-0.2, -0.15) is 0 Å². The Balaban J connectivity index is 1.30. The number of thioether (sulfide) groups is 1. The molecule has 0 spiro atoms. The van der Waals surface area contributed by atoms with Gasteiger partial charge in [0.05, 0.1) is 37.3 Å². The number of amides is 2. The van der Waals surface area contributed by atoms with Crippen LogP contribution in [-0.4, -0.2) is 54.1 Å². The predicted molar refractivity (Wildman–Crippen MR) is 143 cm³/mol. The minimum Gasteiger partial charge on any atom is -0.493 e. The number of ether oxygens (including phenoxy) is 3. The molecule has 0 saturated carbocycles. The number of hydrogen-bond donors (Lipinski definition) is 2. The first kappa shape index (κ1) is 25.4. The van der Waals surface area contributed by atoms with Gasteiger partial charge in [0, 0.05) is 6.08 Å². The van der Waals surface area contributed by atoms with Crippen molar-refractivity contribution in [3.8, 4) is 17.2 Å². The number of nitrogens with one attached hydrogen (secondary N) is 2. The minimum absolute atomic E-state index is 0.138. The number of para-hydroxylation sites is 1. The number of carbonyl (C=O) groups is 2. The standard InChI is InChI=1S/C23H21N5O5S3/c1-31-15-10-13(11-16(32-2)20(15)33-3)8-9-18(29)25-22-27-28-23(36-22)34-12-19(30)26-21-24-14-6-4-5-7-17(14)35-21/h4-11H,12H2,1-3H3,(H,24,26,30)(H,25,27,29). The van der Waals surface area contributed by atoms with Crippen LogP contribution in [0.4, 0.5) is 10.3 Å². The van der Waals surface area contributed by atoms with Crippen molar-refractivity contribution in [3.05, 3.63) is 48.0 Å². The van der Waals surface area contributed by atoms with Crippen LogP contribution in [0.25, 0.3) is 16.3 Å². The monoisotopic (exact) mass is 543 g/mol. The summed E-state index contributed by atoms with van der Waals surface area (Å²) in [6.07, 6.45) is 2.98. The molecule has 2 amide bonds. The highest BCUT2D eigenvalue weighted by Crippen LogP contribution is 2.38. The molecule has 13 heteroatoms. The van der Waals surface area contributed by atoms with Gasteiger partial charge in [-0.15, -0.1) is 10.2 Å². The van der Waals surface area contributed by atoms with Crippen molar-refractivity contribution in [2.45, 2.75) is 4.34 Å². The molecule has 0 saturated heterocycles. The molecule has 186 valence electrons. The highest BCUT2D eigenvalue weighted by Gasteiger charge is 2.13. The number of aromatic nitrogens is 3. The summed E-state index contributed by atoms with van der Waals surface area (Å²) in [4.78, 5) is 29.0. The maximum absolute atomic E-state index is 12.3. The van der Waals surface area contributed by atoms with E-state index in [9.17, 15) is 9.59 Å². The average molecular weight is 544 g/mol. The summed E-state index contributed by atoms with van der Waals surface area (Å²) >= 11 is 3.82. The smallest absolute Gasteiger partial charge is 0.250 e. The second-order valence-electron chi connectivity index (χ2n) is 6.98. The summed E-state index contributed by atoms with van der Waals surface area (Å²) in [7, 11) is 4.56. The maximum Gasteiger partial charge on any atom is 0.250 e. The van der Waals surface area contributed by atoms with E-state index in [-0.39, 0.29) is 17.6 Å². The Morgan fingerprint density at radius 2 is 1.72 bits per heavy atom. The van der Waals surface area contributed by atoms with E-state index in [0.717, 1.165) is 10.2 Å². The van der Waals surface area contributed by atoms with Crippen molar-refractivity contribution < 1.29 is 23.8 Å². The number of nitrogens with zero attached hydrogens (tertiary/aromatic N) is 3. The van der Waals surface area contributed by atoms with Gasteiger partial charge in [0.25, 0.3) is 0 Å². The summed E-state index contributed by atoms with van der Waals surface area (Å²) in [5.74, 6) is 0.983. The second kappa shape index (κ2) is 11.8. The van der Waals surface area contributed by atoms with Crippen LogP contribution in [0, 0.1) is 0 Å². The van der Waals surface area contributed by atoms with Crippen LogP contribution in [0.3, 0.4) is 0 Å². The second-order valence-corrected chi connectivity index (χ2v) is 10.2. The first-order valence-corrected chi connectivity index (χ1v) is 13.0. The molecular formula is C23H21N5O5S3. The number of thiazole rings is 1. The molecule has 0 radical (unpaired) electrons. The number of methoxy groups -OCH3 is 3. The van der Waals surface area contributed by atoms with Crippen LogP contribution in [-0.2, 0) is 9.59 Å². The molecule has 4 aromatic rings. The zero-order valence-corrected chi connectivity index (χ0v) is 21.9. The average Bonchev–Trinajstić information content (AvgIpc) is 3.51. The van der Waals surface area contributed by atoms with E-state index < -0.39 is 0 Å². The largest absolute Gasteiger partial charge is 0.493 e. The van der Waals surface area contributed by atoms with Crippen LogP contribution < -0.4 is 24.8 Å². The Kier molecular flexibility index (Phi) is 8.36. The van der Waals surface area contributed by atoms with Crippen molar-refractivity contribution in [3.63, 3.8) is 0 Å². The summed E-state index contributed by atoms with van der Waals surface area (Å²) in [5, 5.41) is 14.3. The Bertz CT molecular complexity index is 1360. The number of anilines is 2. The molecule has 2 heterocycles. The summed E-state index contributed by atoms with van der Waals surface area (Å²) < 4.78 is 17.5. The third-order valence-corrected chi connectivity index (χ3v) is 7.54. The molecule has 0 aliphatic rings. The lowest BCUT2D eigenvalue weighted by Gasteiger charge is -2.12. The van der Waals surface area contributed by atoms with E-state index in [1.165, 1.54) is 61.8 Å². The molecular weight excluding hydrogens is 522 g/mol. The number of carbonyl (C=O) groups excluding carboxylic acids is 2. The van der Waals surface area contributed by atoms with E-state index in [0.29, 0.717) is 37.4 Å². The first-order chi connectivity index (χ1) is 17.5. The quantitative estimate of drug-likeness (QED) is 0.168. The first-order valence-electron chi connectivity index (χ1n) is 10.4. The van der Waals surface area contributed by atoms with Crippen LogP contribution in [0.5, 0.6) is 17.2 Å². The van der Waals surface area contributed by atoms with E-state index in [1.54, 1.807) is 18.2 Å². The molecule has 2 aromatic heterocycles. The summed E-state index contributed by atoms with van der Waals surface area (Å²) in [6, 6.07) is 11.1. The predicted octanol–water partition coefficient (Wildman–Crippen LogP) is 4.56. The van der Waals surface area contributed by atoms with Gasteiger partial charge in [-0.1, -0.05) is 46.6 Å². The molecule has 0 atom stereocenters. The normalized spacial score (nSPS) is 11.0. The minimum atomic E-state index is -0.384. The molecule has 0 fully saturated rings. The lowest BCUT2D eigenvalue weighted by Crippen LogP contribution is -2.13. The SMILES string of the molecule is COc1cc(C=CC(=O)Nc2nnc(SCC(=O)Nc3nc4ccccc4s3)s2)cc(OC)c1OC. The van der Waals surface area contributed by atoms with Crippen molar-refractivity contribution in [1.82, 2.24) is 15.2 Å². The summed E-state index contributed by atoms with van der Waals surface area (Å²) in [5.41, 5.74) is 1.53. The Labute approximate surface area is 218 Å². The zero-order chi connectivity index (χ0) is 25.5. The van der Waals surface area contributed by atoms with E-state index in [2.05, 4.69) is 25.8 Å². The van der Waals surface area contributed by atoms with Gasteiger partial charge in [0.2, 0.25) is 22.7 Å². The van der Waals surface area contributed by atoms with Gasteiger partial charge < -0.3 is 19.5 Å². The fraction of sp³-hybridized carbons (Fsp3) is 0.174. The number of rotatable bonds is 10. The summed E-state index contributed by atoms with van der Waals surface area (Å²) in [6.45, 7) is 0. The molecule has 2 aromatic carbocycles. The topological polar surface area (TPSA) is 125 Å². The highest BCUT2D eigenvalue weighted by molar-refractivity contribution is 8.01. The number of benzene rings is 2. The Morgan fingerprint density at radius 3 is 2.42 bits per heavy atom. The van der Waals surface area contributed by atoms with Gasteiger partial charge >= 0.3 is 0 Å². The molecule has 0 unspecified atom stereocenters. The van der Waals surface area contributed by atoms with Crippen LogP contribution in [0.1, 0.15) is 5.56 Å². The zero-order valence-electron chi connectivity index (χ0n) is 19.4. The third-order valence-electron chi connectivity index (χ3n) is 4.62. The van der Waals surface area contributed by atoms with Gasteiger partial charge in [-0.05, 0) is 35.9 Å². The van der Waals surface area contributed by atoms with Gasteiger partial charge in [0.15, 0.2) is 21.0 Å². The molecule has 36 heavy (non-hydrogen) atoms. The van der Waals surface area contributed by atoms with Crippen molar-refractivity contribution in [2.24, 2.45) is 0 Å². The van der Waals surface area contributed by atoms with Gasteiger partial charge in [-0.25, -0.2) is 4.98 Å². The van der Waals surface area contributed by atoms with Crippen LogP contribution in [0.15, 0.2) is 46.8 Å². The van der Waals surface area contributed by atoms with Crippen LogP contribution >= 0.6 is 34.4 Å². The highest BCUT2D eigenvalue weighted by atomic mass is 32.2.